The zero-order chi connectivity index (χ0) is 17.8. The zero-order valence-corrected chi connectivity index (χ0v) is 14.5. The Hall–Kier alpha value is -3.02. The molecule has 0 aliphatic carbocycles. The molecule has 3 aromatic rings. The SMILES string of the molecule is CCc1nccc(-c2nccn2[C@H](C(=O)OC)c2cccc(C)c2)n1. The topological polar surface area (TPSA) is 69.9 Å². The van der Waals surface area contributed by atoms with Crippen molar-refractivity contribution in [3.8, 4) is 11.5 Å². The summed E-state index contributed by atoms with van der Waals surface area (Å²) in [6.07, 6.45) is 5.87. The molecule has 2 heterocycles. The highest BCUT2D eigenvalue weighted by molar-refractivity contribution is 5.79. The smallest absolute Gasteiger partial charge is 0.333 e. The number of hydrogen-bond donors (Lipinski definition) is 0. The van der Waals surface area contributed by atoms with Gasteiger partial charge in [0.05, 0.1) is 7.11 Å². The van der Waals surface area contributed by atoms with Crippen molar-refractivity contribution >= 4 is 5.97 Å². The van der Waals surface area contributed by atoms with Crippen molar-refractivity contribution in [1.29, 1.82) is 0 Å². The maximum Gasteiger partial charge on any atom is 0.333 e. The molecule has 0 unspecified atom stereocenters. The van der Waals surface area contributed by atoms with Gasteiger partial charge < -0.3 is 9.30 Å². The van der Waals surface area contributed by atoms with Crippen LogP contribution in [0.15, 0.2) is 48.9 Å². The Bertz CT molecular complexity index is 888. The Labute approximate surface area is 146 Å². The third-order valence-corrected chi connectivity index (χ3v) is 3.98. The number of ether oxygens (including phenoxy) is 1. The van der Waals surface area contributed by atoms with Crippen LogP contribution in [0.1, 0.15) is 29.9 Å². The van der Waals surface area contributed by atoms with E-state index in [4.69, 9.17) is 4.74 Å². The van der Waals surface area contributed by atoms with Crippen LogP contribution in [-0.2, 0) is 16.0 Å². The third-order valence-electron chi connectivity index (χ3n) is 3.98. The number of carbonyl (C=O) groups excluding carboxylic acids is 1. The number of esters is 1. The minimum Gasteiger partial charge on any atom is -0.467 e. The van der Waals surface area contributed by atoms with Crippen molar-refractivity contribution in [3.05, 3.63) is 65.9 Å². The second-order valence-electron chi connectivity index (χ2n) is 5.71. The lowest BCUT2D eigenvalue weighted by Gasteiger charge is -2.19. The first-order valence-corrected chi connectivity index (χ1v) is 8.13. The minimum absolute atomic E-state index is 0.352. The van der Waals surface area contributed by atoms with E-state index in [2.05, 4.69) is 15.0 Å². The van der Waals surface area contributed by atoms with Crippen LogP contribution in [0.25, 0.3) is 11.5 Å². The van der Waals surface area contributed by atoms with Gasteiger partial charge >= 0.3 is 5.97 Å². The first kappa shape index (κ1) is 16.8. The van der Waals surface area contributed by atoms with Crippen molar-refractivity contribution in [2.45, 2.75) is 26.3 Å². The molecule has 0 bridgehead atoms. The Kier molecular flexibility index (Phi) is 4.88. The second kappa shape index (κ2) is 7.25. The minimum atomic E-state index is -0.623. The fourth-order valence-corrected chi connectivity index (χ4v) is 2.78. The van der Waals surface area contributed by atoms with Crippen LogP contribution in [0.4, 0.5) is 0 Å². The fourth-order valence-electron chi connectivity index (χ4n) is 2.78. The molecule has 1 atom stereocenters. The summed E-state index contributed by atoms with van der Waals surface area (Å²) in [6.45, 7) is 3.99. The molecule has 6 heteroatoms. The number of benzene rings is 1. The molecule has 2 aromatic heterocycles. The predicted molar refractivity (Wildman–Crippen MR) is 94.0 cm³/mol. The molecule has 0 aliphatic rings. The van der Waals surface area contributed by atoms with Gasteiger partial charge in [-0.2, -0.15) is 0 Å². The molecule has 128 valence electrons. The second-order valence-corrected chi connectivity index (χ2v) is 5.71. The van der Waals surface area contributed by atoms with Gasteiger partial charge in [0, 0.05) is 25.0 Å². The van der Waals surface area contributed by atoms with Crippen LogP contribution >= 0.6 is 0 Å². The highest BCUT2D eigenvalue weighted by Gasteiger charge is 2.26. The van der Waals surface area contributed by atoms with Crippen LogP contribution in [0, 0.1) is 6.92 Å². The maximum absolute atomic E-state index is 12.5. The lowest BCUT2D eigenvalue weighted by atomic mass is 10.0. The van der Waals surface area contributed by atoms with Gasteiger partial charge in [0.25, 0.3) is 0 Å². The summed E-state index contributed by atoms with van der Waals surface area (Å²) in [5, 5.41) is 0. The van der Waals surface area contributed by atoms with Crippen LogP contribution in [0.2, 0.25) is 0 Å². The van der Waals surface area contributed by atoms with Gasteiger partial charge in [0.2, 0.25) is 0 Å². The van der Waals surface area contributed by atoms with Gasteiger partial charge in [-0.15, -0.1) is 0 Å². The molecule has 0 spiro atoms. The van der Waals surface area contributed by atoms with Crippen molar-refractivity contribution < 1.29 is 9.53 Å². The number of carbonyl (C=O) groups is 1. The molecule has 6 nitrogen and oxygen atoms in total. The summed E-state index contributed by atoms with van der Waals surface area (Å²) in [6, 6.07) is 8.98. The maximum atomic E-state index is 12.5. The van der Waals surface area contributed by atoms with Gasteiger partial charge in [-0.1, -0.05) is 36.8 Å². The highest BCUT2D eigenvalue weighted by Crippen LogP contribution is 2.26. The molecule has 0 radical (unpaired) electrons. The molecular formula is C19H20N4O2. The Morgan fingerprint density at radius 2 is 2.08 bits per heavy atom. The van der Waals surface area contributed by atoms with Crippen molar-refractivity contribution in [2.24, 2.45) is 0 Å². The molecule has 0 N–H and O–H groups in total. The van der Waals surface area contributed by atoms with E-state index in [1.54, 1.807) is 29.2 Å². The largest absolute Gasteiger partial charge is 0.467 e. The molecule has 0 aliphatic heterocycles. The number of imidazole rings is 1. The van der Waals surface area contributed by atoms with Crippen LogP contribution in [-0.4, -0.2) is 32.6 Å². The summed E-state index contributed by atoms with van der Waals surface area (Å²) in [5.74, 6) is 0.987. The fraction of sp³-hybridized carbons (Fsp3) is 0.263. The van der Waals surface area contributed by atoms with Crippen LogP contribution < -0.4 is 0 Å². The summed E-state index contributed by atoms with van der Waals surface area (Å²) in [4.78, 5) is 25.7. The number of nitrogens with zero attached hydrogens (tertiary/aromatic N) is 4. The van der Waals surface area contributed by atoms with E-state index in [-0.39, 0.29) is 5.97 Å². The molecule has 25 heavy (non-hydrogen) atoms. The monoisotopic (exact) mass is 336 g/mol. The van der Waals surface area contributed by atoms with E-state index in [1.807, 2.05) is 38.1 Å². The third kappa shape index (κ3) is 3.42. The Morgan fingerprint density at radius 1 is 1.24 bits per heavy atom. The molecule has 3 rings (SSSR count). The summed E-state index contributed by atoms with van der Waals surface area (Å²) >= 11 is 0. The van der Waals surface area contributed by atoms with E-state index < -0.39 is 6.04 Å². The van der Waals surface area contributed by atoms with Crippen LogP contribution in [0.5, 0.6) is 0 Å². The van der Waals surface area contributed by atoms with E-state index in [9.17, 15) is 4.79 Å². The number of methoxy groups -OCH3 is 1. The van der Waals surface area contributed by atoms with Gasteiger partial charge in [-0.25, -0.2) is 19.7 Å². The first-order valence-electron chi connectivity index (χ1n) is 8.13. The van der Waals surface area contributed by atoms with E-state index >= 15 is 0 Å². The quantitative estimate of drug-likeness (QED) is 0.670. The van der Waals surface area contributed by atoms with Crippen molar-refractivity contribution in [3.63, 3.8) is 0 Å². The normalized spacial score (nSPS) is 12.0. The number of aromatic nitrogens is 4. The predicted octanol–water partition coefficient (Wildman–Crippen LogP) is 2.97. The summed E-state index contributed by atoms with van der Waals surface area (Å²) < 4.78 is 6.84. The highest BCUT2D eigenvalue weighted by atomic mass is 16.5. The average Bonchev–Trinajstić information content (AvgIpc) is 3.11. The average molecular weight is 336 g/mol. The molecule has 0 fully saturated rings. The van der Waals surface area contributed by atoms with Crippen molar-refractivity contribution in [1.82, 2.24) is 19.5 Å². The Morgan fingerprint density at radius 3 is 2.80 bits per heavy atom. The van der Waals surface area contributed by atoms with Gasteiger partial charge in [-0.05, 0) is 18.6 Å². The molecule has 1 aromatic carbocycles. The standard InChI is InChI=1S/C19H20N4O2/c1-4-16-20-9-8-15(22-16)18-21-10-11-23(18)17(19(24)25-3)14-7-5-6-13(2)12-14/h5-12,17H,4H2,1-3H3/t17-/m0/s1. The number of aryl methyl sites for hydroxylation is 2. The number of rotatable bonds is 5. The summed E-state index contributed by atoms with van der Waals surface area (Å²) in [7, 11) is 1.39. The van der Waals surface area contributed by atoms with E-state index in [0.29, 0.717) is 11.5 Å². The number of hydrogen-bond acceptors (Lipinski definition) is 5. The van der Waals surface area contributed by atoms with Gasteiger partial charge in [0.1, 0.15) is 11.5 Å². The lowest BCUT2D eigenvalue weighted by molar-refractivity contribution is -0.143. The lowest BCUT2D eigenvalue weighted by Crippen LogP contribution is -2.22. The van der Waals surface area contributed by atoms with Crippen LogP contribution in [0.3, 0.4) is 0 Å². The zero-order valence-electron chi connectivity index (χ0n) is 14.5. The molecule has 0 saturated carbocycles. The van der Waals surface area contributed by atoms with E-state index in [0.717, 1.165) is 23.4 Å². The first-order chi connectivity index (χ1) is 12.1. The molecule has 0 saturated heterocycles. The van der Waals surface area contributed by atoms with Gasteiger partial charge in [-0.3, -0.25) is 0 Å². The molecule has 0 amide bonds. The summed E-state index contributed by atoms with van der Waals surface area (Å²) in [5.41, 5.74) is 2.60. The van der Waals surface area contributed by atoms with Gasteiger partial charge in [0.15, 0.2) is 11.9 Å². The molecular weight excluding hydrogens is 316 g/mol. The Balaban J connectivity index is 2.12. The van der Waals surface area contributed by atoms with Crippen molar-refractivity contribution in [2.75, 3.05) is 7.11 Å². The van der Waals surface area contributed by atoms with E-state index in [1.165, 1.54) is 7.11 Å².